The summed E-state index contributed by atoms with van der Waals surface area (Å²) in [5.41, 5.74) is -0.107. The van der Waals surface area contributed by atoms with Crippen molar-refractivity contribution in [3.8, 4) is 0 Å². The van der Waals surface area contributed by atoms with E-state index in [1.165, 1.54) is 12.1 Å². The van der Waals surface area contributed by atoms with Crippen LogP contribution >= 0.6 is 0 Å². The average Bonchev–Trinajstić information content (AvgIpc) is 3.27. The van der Waals surface area contributed by atoms with E-state index in [-0.39, 0.29) is 43.2 Å². The largest absolute Gasteiger partial charge is 0.357 e. The number of hydrogen-bond donors (Lipinski definition) is 1. The number of rotatable bonds is 9. The van der Waals surface area contributed by atoms with Gasteiger partial charge in [0.2, 0.25) is 5.91 Å². The molecule has 39 heavy (non-hydrogen) atoms. The third-order valence-corrected chi connectivity index (χ3v) is 6.88. The quantitative estimate of drug-likeness (QED) is 0.245. The Bertz CT molecular complexity index is 1210. The first-order chi connectivity index (χ1) is 18.3. The molecule has 0 saturated carbocycles. The number of nitrogens with zero attached hydrogens (tertiary/aromatic N) is 3. The SMILES string of the molecule is C=C(N=C(C(N(CC1CNCC1F)C(=O)CC)C(C)(C)C)N(C)Cc1cccc(F)c1)c1cc(F)ccc1F. The van der Waals surface area contributed by atoms with Crippen molar-refractivity contribution in [2.24, 2.45) is 16.3 Å². The van der Waals surface area contributed by atoms with Crippen LogP contribution in [0.2, 0.25) is 0 Å². The van der Waals surface area contributed by atoms with Crippen LogP contribution < -0.4 is 5.32 Å². The van der Waals surface area contributed by atoms with Crippen molar-refractivity contribution in [2.45, 2.75) is 52.9 Å². The van der Waals surface area contributed by atoms with Crippen molar-refractivity contribution in [1.82, 2.24) is 15.1 Å². The number of hydrogen-bond acceptors (Lipinski definition) is 3. The summed E-state index contributed by atoms with van der Waals surface area (Å²) in [7, 11) is 1.74. The number of alkyl halides is 1. The molecule has 1 amide bonds. The zero-order chi connectivity index (χ0) is 28.9. The normalized spacial score (nSPS) is 18.6. The highest BCUT2D eigenvalue weighted by Gasteiger charge is 2.41. The molecular weight excluding hydrogens is 508 g/mol. The number of amides is 1. The van der Waals surface area contributed by atoms with Crippen LogP contribution in [0.3, 0.4) is 0 Å². The summed E-state index contributed by atoms with van der Waals surface area (Å²) in [5.74, 6) is -1.99. The minimum atomic E-state index is -1.11. The van der Waals surface area contributed by atoms with Crippen LogP contribution in [-0.4, -0.2) is 60.4 Å². The van der Waals surface area contributed by atoms with Crippen LogP contribution in [0.15, 0.2) is 54.0 Å². The van der Waals surface area contributed by atoms with Gasteiger partial charge in [-0.1, -0.05) is 46.4 Å². The van der Waals surface area contributed by atoms with Crippen LogP contribution in [0, 0.1) is 28.8 Å². The van der Waals surface area contributed by atoms with Crippen molar-refractivity contribution in [2.75, 3.05) is 26.7 Å². The molecule has 1 N–H and O–H groups in total. The second kappa shape index (κ2) is 12.8. The minimum Gasteiger partial charge on any atom is -0.357 e. The Labute approximate surface area is 228 Å². The van der Waals surface area contributed by atoms with Gasteiger partial charge in [0.05, 0.1) is 11.7 Å². The van der Waals surface area contributed by atoms with Crippen molar-refractivity contribution < 1.29 is 22.4 Å². The Kier molecular flexibility index (Phi) is 9.93. The highest BCUT2D eigenvalue weighted by atomic mass is 19.1. The first-order valence-electron chi connectivity index (χ1n) is 13.1. The molecule has 0 bridgehead atoms. The molecule has 1 fully saturated rings. The van der Waals surface area contributed by atoms with Gasteiger partial charge in [-0.25, -0.2) is 22.6 Å². The zero-order valence-corrected chi connectivity index (χ0v) is 23.3. The fourth-order valence-electron chi connectivity index (χ4n) is 4.94. The van der Waals surface area contributed by atoms with Crippen molar-refractivity contribution >= 4 is 17.4 Å². The lowest BCUT2D eigenvalue weighted by molar-refractivity contribution is -0.134. The van der Waals surface area contributed by atoms with E-state index in [4.69, 9.17) is 4.99 Å². The van der Waals surface area contributed by atoms with Gasteiger partial charge in [0.1, 0.15) is 29.5 Å². The van der Waals surface area contributed by atoms with Gasteiger partial charge in [-0.05, 0) is 41.3 Å². The molecular formula is C30H38F4N4O. The Morgan fingerprint density at radius 1 is 1.13 bits per heavy atom. The van der Waals surface area contributed by atoms with Gasteiger partial charge in [0.25, 0.3) is 0 Å². The molecule has 0 spiro atoms. The van der Waals surface area contributed by atoms with Gasteiger partial charge in [-0.15, -0.1) is 0 Å². The molecule has 3 unspecified atom stereocenters. The van der Waals surface area contributed by atoms with Crippen LogP contribution in [0.4, 0.5) is 17.6 Å². The summed E-state index contributed by atoms with van der Waals surface area (Å²) in [4.78, 5) is 21.5. The van der Waals surface area contributed by atoms with Gasteiger partial charge in [-0.2, -0.15) is 0 Å². The van der Waals surface area contributed by atoms with Gasteiger partial charge in [0.15, 0.2) is 0 Å². The number of likely N-dealkylation sites (N-methyl/N-ethyl adjacent to an activating group) is 1. The van der Waals surface area contributed by atoms with Gasteiger partial charge >= 0.3 is 0 Å². The standard InChI is InChI=1S/C30H38F4N4O/c1-7-27(39)38(18-21-15-35-16-26(21)34)28(30(3,4)5)29(37(6)17-20-9-8-10-22(31)13-20)36-19(2)24-14-23(32)11-12-25(24)33/h8-14,21,26,28,35H,2,7,15-18H2,1,3-6H3. The fourth-order valence-corrected chi connectivity index (χ4v) is 4.94. The summed E-state index contributed by atoms with van der Waals surface area (Å²) >= 11 is 0. The van der Waals surface area contributed by atoms with E-state index in [2.05, 4.69) is 11.9 Å². The Morgan fingerprint density at radius 3 is 2.41 bits per heavy atom. The predicted octanol–water partition coefficient (Wildman–Crippen LogP) is 5.82. The molecule has 1 aliphatic rings. The summed E-state index contributed by atoms with van der Waals surface area (Å²) in [6, 6.07) is 8.44. The number of carbonyl (C=O) groups is 1. The molecule has 0 aromatic heterocycles. The second-order valence-corrected chi connectivity index (χ2v) is 11.1. The Morgan fingerprint density at radius 2 is 1.82 bits per heavy atom. The molecule has 2 aromatic rings. The third kappa shape index (κ3) is 7.68. The molecule has 0 radical (unpaired) electrons. The lowest BCUT2D eigenvalue weighted by atomic mass is 9.83. The minimum absolute atomic E-state index is 0.0304. The lowest BCUT2D eigenvalue weighted by Crippen LogP contribution is -2.57. The molecule has 9 heteroatoms. The molecule has 1 saturated heterocycles. The number of halogens is 4. The first-order valence-corrected chi connectivity index (χ1v) is 13.1. The third-order valence-electron chi connectivity index (χ3n) is 6.88. The molecule has 5 nitrogen and oxygen atoms in total. The van der Waals surface area contributed by atoms with Gasteiger partial charge in [-0.3, -0.25) is 4.79 Å². The second-order valence-electron chi connectivity index (χ2n) is 11.1. The van der Waals surface area contributed by atoms with Gasteiger partial charge < -0.3 is 15.1 Å². The predicted molar refractivity (Wildman–Crippen MR) is 147 cm³/mol. The maximum absolute atomic E-state index is 14.7. The van der Waals surface area contributed by atoms with Crippen molar-refractivity contribution in [3.05, 3.63) is 77.6 Å². The smallest absolute Gasteiger partial charge is 0.222 e. The topological polar surface area (TPSA) is 47.9 Å². The van der Waals surface area contributed by atoms with E-state index in [1.807, 2.05) is 20.8 Å². The lowest BCUT2D eigenvalue weighted by Gasteiger charge is -2.44. The zero-order valence-electron chi connectivity index (χ0n) is 23.3. The van der Waals surface area contributed by atoms with E-state index in [9.17, 15) is 22.4 Å². The first kappa shape index (κ1) is 30.3. The molecule has 2 aromatic carbocycles. The van der Waals surface area contributed by atoms with E-state index in [0.717, 1.165) is 18.2 Å². The molecule has 3 rings (SSSR count). The number of nitrogens with one attached hydrogen (secondary N) is 1. The maximum Gasteiger partial charge on any atom is 0.222 e. The van der Waals surface area contributed by atoms with Crippen LogP contribution in [0.5, 0.6) is 0 Å². The Balaban J connectivity index is 2.15. The molecule has 1 aliphatic heterocycles. The summed E-state index contributed by atoms with van der Waals surface area (Å²) in [5, 5.41) is 3.04. The molecule has 1 heterocycles. The highest BCUT2D eigenvalue weighted by Crippen LogP contribution is 2.31. The Hall–Kier alpha value is -3.20. The number of benzene rings is 2. The number of carbonyl (C=O) groups excluding carboxylic acids is 1. The molecule has 3 atom stereocenters. The molecule has 0 aliphatic carbocycles. The van der Waals surface area contributed by atoms with Crippen molar-refractivity contribution in [1.29, 1.82) is 0 Å². The van der Waals surface area contributed by atoms with Gasteiger partial charge in [0, 0.05) is 51.1 Å². The number of amidine groups is 1. The maximum atomic E-state index is 14.7. The number of aliphatic imine (C=N–C) groups is 1. The molecule has 212 valence electrons. The highest BCUT2D eigenvalue weighted by molar-refractivity contribution is 5.95. The summed E-state index contributed by atoms with van der Waals surface area (Å²) in [6.07, 6.45) is -0.927. The fraction of sp³-hybridized carbons (Fsp3) is 0.467. The van der Waals surface area contributed by atoms with E-state index < -0.39 is 41.0 Å². The van der Waals surface area contributed by atoms with E-state index in [0.29, 0.717) is 17.9 Å². The van der Waals surface area contributed by atoms with E-state index >= 15 is 0 Å². The monoisotopic (exact) mass is 546 g/mol. The van der Waals surface area contributed by atoms with Crippen LogP contribution in [0.1, 0.15) is 45.2 Å². The summed E-state index contributed by atoms with van der Waals surface area (Å²) in [6.45, 7) is 12.5. The average molecular weight is 547 g/mol. The van der Waals surface area contributed by atoms with Crippen LogP contribution in [-0.2, 0) is 11.3 Å². The van der Waals surface area contributed by atoms with E-state index in [1.54, 1.807) is 35.9 Å². The van der Waals surface area contributed by atoms with Crippen LogP contribution in [0.25, 0.3) is 5.70 Å². The summed E-state index contributed by atoms with van der Waals surface area (Å²) < 4.78 is 57.4. The van der Waals surface area contributed by atoms with Crippen molar-refractivity contribution in [3.63, 3.8) is 0 Å².